The molecule has 0 radical (unpaired) electrons. The van der Waals surface area contributed by atoms with Crippen molar-refractivity contribution in [3.63, 3.8) is 0 Å². The summed E-state index contributed by atoms with van der Waals surface area (Å²) in [6, 6.07) is 7.14. The number of anilines is 1. The van der Waals surface area contributed by atoms with Gasteiger partial charge in [-0.15, -0.1) is 0 Å². The third-order valence-electron chi connectivity index (χ3n) is 5.89. The van der Waals surface area contributed by atoms with Gasteiger partial charge in [-0.05, 0) is 18.9 Å². The summed E-state index contributed by atoms with van der Waals surface area (Å²) in [6.45, 7) is 1.70. The minimum absolute atomic E-state index is 0.196. The van der Waals surface area contributed by atoms with E-state index in [1.165, 1.54) is 0 Å². The monoisotopic (exact) mass is 462 g/mol. The summed E-state index contributed by atoms with van der Waals surface area (Å²) >= 11 is 0. The lowest BCUT2D eigenvalue weighted by molar-refractivity contribution is 0.185. The lowest BCUT2D eigenvalue weighted by atomic mass is 10.2. The number of ether oxygens (including phenoxy) is 1. The van der Waals surface area contributed by atoms with Gasteiger partial charge in [0, 0.05) is 32.0 Å². The summed E-state index contributed by atoms with van der Waals surface area (Å²) in [5.41, 5.74) is 14.2. The minimum atomic E-state index is -2.53. The fraction of sp³-hybridized carbons (Fsp3) is 0.476. The number of para-hydroxylation sites is 1. The first-order valence-electron chi connectivity index (χ1n) is 10.6. The number of rotatable bonds is 9. The maximum Gasteiger partial charge on any atom is 0.315 e. The smallest absolute Gasteiger partial charge is 0.315 e. The molecule has 174 valence electrons. The zero-order valence-corrected chi connectivity index (χ0v) is 18.9. The topological polar surface area (TPSA) is 153 Å². The highest BCUT2D eigenvalue weighted by Gasteiger charge is 2.39. The molecule has 4 rings (SSSR count). The Kier molecular flexibility index (Phi) is 6.42. The van der Waals surface area contributed by atoms with Crippen LogP contribution in [0.5, 0.6) is 0 Å². The summed E-state index contributed by atoms with van der Waals surface area (Å²) < 4.78 is 26.7. The molecule has 1 saturated heterocycles. The second-order valence-corrected chi connectivity index (χ2v) is 10.4. The summed E-state index contributed by atoms with van der Waals surface area (Å²) in [5, 5.41) is 0.992. The van der Waals surface area contributed by atoms with Crippen LogP contribution >= 0.6 is 10.6 Å². The van der Waals surface area contributed by atoms with E-state index in [1.807, 2.05) is 24.3 Å². The van der Waals surface area contributed by atoms with Crippen molar-refractivity contribution in [3.8, 4) is 0 Å². The summed E-state index contributed by atoms with van der Waals surface area (Å²) in [7, 11) is -0.871. The first-order valence-corrected chi connectivity index (χ1v) is 12.5. The molecule has 0 unspecified atom stereocenters. The van der Waals surface area contributed by atoms with Crippen molar-refractivity contribution in [2.45, 2.75) is 31.8 Å². The maximum absolute atomic E-state index is 11.8. The fourth-order valence-electron chi connectivity index (χ4n) is 4.30. The number of benzene rings is 1. The number of aryl methyl sites for hydroxylation is 1. The largest absolute Gasteiger partial charge is 0.384 e. The van der Waals surface area contributed by atoms with Gasteiger partial charge in [0.1, 0.15) is 11.3 Å². The van der Waals surface area contributed by atoms with Gasteiger partial charge in [-0.2, -0.15) is 10.6 Å². The van der Waals surface area contributed by atoms with Crippen LogP contribution in [-0.4, -0.2) is 72.4 Å². The average Bonchev–Trinajstić information content (AvgIpc) is 3.09. The highest BCUT2D eigenvalue weighted by molar-refractivity contribution is 8.25. The van der Waals surface area contributed by atoms with Gasteiger partial charge >= 0.3 is 6.03 Å². The number of methoxy groups -OCH3 is 1. The predicted molar refractivity (Wildman–Crippen MR) is 127 cm³/mol. The van der Waals surface area contributed by atoms with E-state index < -0.39 is 16.6 Å². The molecule has 11 heteroatoms. The molecule has 0 aliphatic carbocycles. The average molecular weight is 463 g/mol. The number of fused-ring (bicyclic) bond motifs is 3. The van der Waals surface area contributed by atoms with Crippen LogP contribution in [0.4, 0.5) is 10.6 Å². The molecule has 1 aromatic carbocycles. The normalized spacial score (nSPS) is 16.8. The van der Waals surface area contributed by atoms with Crippen molar-refractivity contribution >= 4 is 44.4 Å². The number of nitrogens with two attached hydrogens (primary N) is 2. The Morgan fingerprint density at radius 2 is 2.03 bits per heavy atom. The number of aromatic nitrogens is 3. The molecule has 2 aromatic heterocycles. The number of hydrogen-bond donors (Lipinski definition) is 4. The molecule has 6 N–H and O–H groups in total. The Labute approximate surface area is 187 Å². The number of imidazole rings is 1. The van der Waals surface area contributed by atoms with Crippen LogP contribution in [0.25, 0.3) is 21.9 Å². The van der Waals surface area contributed by atoms with Crippen molar-refractivity contribution in [1.82, 2.24) is 19.4 Å². The summed E-state index contributed by atoms with van der Waals surface area (Å²) in [6.07, 6.45) is 2.15. The van der Waals surface area contributed by atoms with Gasteiger partial charge in [-0.1, -0.05) is 18.2 Å². The predicted octanol–water partition coefficient (Wildman–Crippen LogP) is 2.65. The van der Waals surface area contributed by atoms with Crippen molar-refractivity contribution in [2.24, 2.45) is 5.73 Å². The van der Waals surface area contributed by atoms with Crippen LogP contribution in [0.1, 0.15) is 18.7 Å². The van der Waals surface area contributed by atoms with Crippen LogP contribution in [0, 0.1) is 0 Å². The molecule has 0 spiro atoms. The number of nitrogen functional groups attached to an aromatic ring is 1. The van der Waals surface area contributed by atoms with Crippen LogP contribution in [0.3, 0.4) is 0 Å². The van der Waals surface area contributed by atoms with Gasteiger partial charge in [-0.3, -0.25) is 9.11 Å². The van der Waals surface area contributed by atoms with E-state index in [0.717, 1.165) is 35.1 Å². The van der Waals surface area contributed by atoms with Gasteiger partial charge in [-0.25, -0.2) is 14.8 Å². The summed E-state index contributed by atoms with van der Waals surface area (Å²) in [4.78, 5) is 22.7. The highest BCUT2D eigenvalue weighted by Crippen LogP contribution is 2.50. The van der Waals surface area contributed by atoms with Crippen LogP contribution in [0.2, 0.25) is 0 Å². The van der Waals surface area contributed by atoms with E-state index >= 15 is 0 Å². The zero-order valence-electron chi connectivity index (χ0n) is 18.1. The number of carbonyl (C=O) groups is 1. The highest BCUT2D eigenvalue weighted by atomic mass is 32.3. The summed E-state index contributed by atoms with van der Waals surface area (Å²) in [5.74, 6) is 1.70. The Morgan fingerprint density at radius 1 is 1.28 bits per heavy atom. The molecular formula is C21H30N6O4S. The first kappa shape index (κ1) is 22.6. The molecule has 0 saturated carbocycles. The van der Waals surface area contributed by atoms with E-state index in [2.05, 4.69) is 9.55 Å². The molecule has 1 fully saturated rings. The van der Waals surface area contributed by atoms with E-state index in [4.69, 9.17) is 21.2 Å². The van der Waals surface area contributed by atoms with Crippen LogP contribution in [-0.2, 0) is 17.7 Å². The molecule has 3 aromatic rings. The zero-order chi connectivity index (χ0) is 22.9. The van der Waals surface area contributed by atoms with Crippen LogP contribution in [0.15, 0.2) is 24.3 Å². The standard InChI is InChI=1S/C21H30N6O4S/c1-31-11-8-17-25-18-19(15-6-2-3-7-16(15)24-20(18)22)27(17)10-5-4-9-26(21(23)28)14-12-32(29,30)13-14/h2-3,6-7,14,29-30H,4-5,8-13H2,1H3,(H2,22,24)(H2,23,28). The fourth-order valence-corrected chi connectivity index (χ4v) is 5.80. The van der Waals surface area contributed by atoms with Gasteiger partial charge in [0.2, 0.25) is 0 Å². The van der Waals surface area contributed by atoms with Crippen LogP contribution < -0.4 is 11.5 Å². The SMILES string of the molecule is COCCc1nc2c(N)nc3ccccc3c2n1CCCCN(C(N)=O)C1CS(O)(O)C1. The van der Waals surface area contributed by atoms with Crippen molar-refractivity contribution in [1.29, 1.82) is 0 Å². The lowest BCUT2D eigenvalue weighted by Crippen LogP contribution is -2.55. The van der Waals surface area contributed by atoms with E-state index in [-0.39, 0.29) is 17.5 Å². The first-order chi connectivity index (χ1) is 15.3. The molecule has 0 atom stereocenters. The number of nitrogens with zero attached hydrogens (tertiary/aromatic N) is 4. The van der Waals surface area contributed by atoms with Crippen molar-refractivity contribution in [2.75, 3.05) is 37.5 Å². The second-order valence-electron chi connectivity index (χ2n) is 8.16. The van der Waals surface area contributed by atoms with Gasteiger partial charge in [0.15, 0.2) is 5.82 Å². The third kappa shape index (κ3) is 4.46. The Morgan fingerprint density at radius 3 is 2.72 bits per heavy atom. The minimum Gasteiger partial charge on any atom is -0.384 e. The maximum atomic E-state index is 11.8. The quantitative estimate of drug-likeness (QED) is 0.357. The number of carbonyl (C=O) groups excluding carboxylic acids is 1. The Hall–Kier alpha value is -2.60. The Balaban J connectivity index is 1.54. The van der Waals surface area contributed by atoms with Gasteiger partial charge < -0.3 is 25.7 Å². The molecule has 2 amide bonds. The molecule has 32 heavy (non-hydrogen) atoms. The number of unbranched alkanes of at least 4 members (excludes halogenated alkanes) is 1. The molecule has 10 nitrogen and oxygen atoms in total. The number of urea groups is 1. The molecular weight excluding hydrogens is 432 g/mol. The molecule has 1 aliphatic rings. The molecule has 1 aliphatic heterocycles. The van der Waals surface area contributed by atoms with Gasteiger partial charge in [0.25, 0.3) is 0 Å². The third-order valence-corrected chi connectivity index (χ3v) is 7.73. The second kappa shape index (κ2) is 9.10. The number of pyridine rings is 1. The van der Waals surface area contributed by atoms with Crippen molar-refractivity contribution in [3.05, 3.63) is 30.1 Å². The van der Waals surface area contributed by atoms with E-state index in [0.29, 0.717) is 37.5 Å². The van der Waals surface area contributed by atoms with Gasteiger partial charge in [0.05, 0.1) is 35.2 Å². The van der Waals surface area contributed by atoms with Crippen molar-refractivity contribution < 1.29 is 18.6 Å². The molecule has 3 heterocycles. The Bertz CT molecular complexity index is 1130. The number of hydrogen-bond acceptors (Lipinski definition) is 7. The number of primary amides is 1. The number of amides is 2. The lowest BCUT2D eigenvalue weighted by Gasteiger charge is -2.50. The van der Waals surface area contributed by atoms with E-state index in [9.17, 15) is 13.9 Å². The molecule has 0 bridgehead atoms. The van der Waals surface area contributed by atoms with E-state index in [1.54, 1.807) is 12.0 Å².